The van der Waals surface area contributed by atoms with Crippen molar-refractivity contribution in [3.05, 3.63) is 0 Å². The summed E-state index contributed by atoms with van der Waals surface area (Å²) in [6.07, 6.45) is 4.58. The van der Waals surface area contributed by atoms with Crippen molar-refractivity contribution in [3.8, 4) is 0 Å². The summed E-state index contributed by atoms with van der Waals surface area (Å²) in [5.41, 5.74) is 0. The van der Waals surface area contributed by atoms with Gasteiger partial charge in [0.05, 0.1) is 6.54 Å². The predicted molar refractivity (Wildman–Crippen MR) is 45.6 cm³/mol. The van der Waals surface area contributed by atoms with Crippen molar-refractivity contribution in [1.82, 2.24) is 4.90 Å². The fourth-order valence-electron chi connectivity index (χ4n) is 1.48. The van der Waals surface area contributed by atoms with E-state index in [-0.39, 0.29) is 0 Å². The van der Waals surface area contributed by atoms with Gasteiger partial charge in [0.15, 0.2) is 0 Å². The third kappa shape index (κ3) is 3.02. The van der Waals surface area contributed by atoms with Crippen molar-refractivity contribution in [2.75, 3.05) is 19.6 Å². The Bertz CT molecular complexity index is 128. The lowest BCUT2D eigenvalue weighted by atomic mass is 10.1. The first-order valence-corrected chi connectivity index (χ1v) is 4.57. The minimum atomic E-state index is 0.381. The van der Waals surface area contributed by atoms with Crippen molar-refractivity contribution in [2.24, 2.45) is 0 Å². The fourth-order valence-corrected chi connectivity index (χ4v) is 1.48. The second-order valence-corrected chi connectivity index (χ2v) is 3.23. The van der Waals surface area contributed by atoms with Crippen LogP contribution >= 0.6 is 0 Å². The summed E-state index contributed by atoms with van der Waals surface area (Å²) in [5.74, 6) is 0.381. The van der Waals surface area contributed by atoms with Gasteiger partial charge in [-0.3, -0.25) is 9.69 Å². The van der Waals surface area contributed by atoms with Crippen LogP contribution in [0, 0.1) is 0 Å². The quantitative estimate of drug-likeness (QED) is 0.615. The van der Waals surface area contributed by atoms with E-state index >= 15 is 0 Å². The second-order valence-electron chi connectivity index (χ2n) is 3.23. The van der Waals surface area contributed by atoms with Crippen LogP contribution in [0.3, 0.4) is 0 Å². The van der Waals surface area contributed by atoms with E-state index < -0.39 is 0 Å². The molecule has 2 nitrogen and oxygen atoms in total. The average Bonchev–Trinajstić information content (AvgIpc) is 2.06. The van der Waals surface area contributed by atoms with E-state index in [0.717, 1.165) is 13.1 Å². The van der Waals surface area contributed by atoms with Crippen LogP contribution in [0.25, 0.3) is 0 Å². The summed E-state index contributed by atoms with van der Waals surface area (Å²) >= 11 is 0. The van der Waals surface area contributed by atoms with E-state index in [1.807, 2.05) is 6.92 Å². The Hall–Kier alpha value is -0.370. The Morgan fingerprint density at radius 3 is 2.45 bits per heavy atom. The number of carbonyl (C=O) groups is 1. The van der Waals surface area contributed by atoms with Crippen molar-refractivity contribution >= 4 is 5.78 Å². The van der Waals surface area contributed by atoms with Gasteiger partial charge in [0.2, 0.25) is 0 Å². The lowest BCUT2D eigenvalue weighted by Gasteiger charge is -2.25. The molecule has 1 aliphatic rings. The molecule has 0 spiro atoms. The molecule has 1 saturated heterocycles. The van der Waals surface area contributed by atoms with Gasteiger partial charge in [0, 0.05) is 6.42 Å². The van der Waals surface area contributed by atoms with Gasteiger partial charge in [0.25, 0.3) is 0 Å². The van der Waals surface area contributed by atoms with Crippen molar-refractivity contribution in [2.45, 2.75) is 32.6 Å². The molecule has 2 heteroatoms. The third-order valence-electron chi connectivity index (χ3n) is 2.24. The number of likely N-dealkylation sites (tertiary alicyclic amines) is 1. The smallest absolute Gasteiger partial charge is 0.146 e. The summed E-state index contributed by atoms with van der Waals surface area (Å²) in [7, 11) is 0. The van der Waals surface area contributed by atoms with Crippen LogP contribution in [0.1, 0.15) is 32.6 Å². The fraction of sp³-hybridized carbons (Fsp3) is 0.889. The van der Waals surface area contributed by atoms with E-state index in [1.54, 1.807) is 0 Å². The van der Waals surface area contributed by atoms with E-state index in [1.165, 1.54) is 19.3 Å². The highest BCUT2D eigenvalue weighted by Gasteiger charge is 2.11. The van der Waals surface area contributed by atoms with Crippen LogP contribution in [-0.4, -0.2) is 30.3 Å². The number of hydrogen-bond donors (Lipinski definition) is 0. The highest BCUT2D eigenvalue weighted by atomic mass is 16.1. The molecule has 0 unspecified atom stereocenters. The highest BCUT2D eigenvalue weighted by molar-refractivity contribution is 5.80. The number of rotatable bonds is 3. The monoisotopic (exact) mass is 155 g/mol. The van der Waals surface area contributed by atoms with Crippen LogP contribution in [0.4, 0.5) is 0 Å². The molecule has 1 aliphatic heterocycles. The molecule has 1 rings (SSSR count). The minimum Gasteiger partial charge on any atom is -0.298 e. The summed E-state index contributed by atoms with van der Waals surface area (Å²) in [6, 6.07) is 0. The maximum absolute atomic E-state index is 11.0. The summed E-state index contributed by atoms with van der Waals surface area (Å²) < 4.78 is 0. The largest absolute Gasteiger partial charge is 0.298 e. The van der Waals surface area contributed by atoms with Crippen molar-refractivity contribution in [3.63, 3.8) is 0 Å². The van der Waals surface area contributed by atoms with Gasteiger partial charge in [-0.05, 0) is 25.9 Å². The topological polar surface area (TPSA) is 20.3 Å². The maximum Gasteiger partial charge on any atom is 0.146 e. The lowest BCUT2D eigenvalue weighted by Crippen LogP contribution is -2.34. The van der Waals surface area contributed by atoms with Gasteiger partial charge in [-0.25, -0.2) is 0 Å². The lowest BCUT2D eigenvalue weighted by molar-refractivity contribution is -0.120. The molecule has 0 aromatic rings. The SMILES string of the molecule is CCC(=O)CN1CCCCC1. The van der Waals surface area contributed by atoms with Crippen LogP contribution in [0.2, 0.25) is 0 Å². The molecule has 0 radical (unpaired) electrons. The molecule has 0 atom stereocenters. The summed E-state index contributed by atoms with van der Waals surface area (Å²) in [4.78, 5) is 13.3. The standard InChI is InChI=1S/C9H17NO/c1-2-9(11)8-10-6-4-3-5-7-10/h2-8H2,1H3. The van der Waals surface area contributed by atoms with Crippen LogP contribution in [0.5, 0.6) is 0 Å². The molecule has 64 valence electrons. The number of ketones is 1. The Morgan fingerprint density at radius 1 is 1.27 bits per heavy atom. The molecule has 0 aromatic heterocycles. The van der Waals surface area contributed by atoms with Gasteiger partial charge in [-0.1, -0.05) is 13.3 Å². The number of piperidine rings is 1. The summed E-state index contributed by atoms with van der Waals surface area (Å²) in [6.45, 7) is 4.89. The zero-order valence-corrected chi connectivity index (χ0v) is 7.31. The van der Waals surface area contributed by atoms with Crippen molar-refractivity contribution < 1.29 is 4.79 Å². The summed E-state index contributed by atoms with van der Waals surface area (Å²) in [5, 5.41) is 0. The normalized spacial score (nSPS) is 20.1. The minimum absolute atomic E-state index is 0.381. The highest BCUT2D eigenvalue weighted by Crippen LogP contribution is 2.07. The van der Waals surface area contributed by atoms with Gasteiger partial charge >= 0.3 is 0 Å². The van der Waals surface area contributed by atoms with E-state index in [9.17, 15) is 4.79 Å². The van der Waals surface area contributed by atoms with Gasteiger partial charge in [-0.15, -0.1) is 0 Å². The Balaban J connectivity index is 2.19. The Morgan fingerprint density at radius 2 is 1.91 bits per heavy atom. The van der Waals surface area contributed by atoms with Crippen LogP contribution < -0.4 is 0 Å². The molecule has 0 saturated carbocycles. The molecular formula is C9H17NO. The zero-order valence-electron chi connectivity index (χ0n) is 7.31. The molecule has 0 aliphatic carbocycles. The van der Waals surface area contributed by atoms with E-state index in [0.29, 0.717) is 18.7 Å². The first-order chi connectivity index (χ1) is 5.33. The molecule has 0 amide bonds. The molecule has 0 N–H and O–H groups in total. The zero-order chi connectivity index (χ0) is 8.10. The van der Waals surface area contributed by atoms with Gasteiger partial charge in [-0.2, -0.15) is 0 Å². The molecule has 1 fully saturated rings. The number of hydrogen-bond acceptors (Lipinski definition) is 2. The average molecular weight is 155 g/mol. The Kier molecular flexibility index (Phi) is 3.57. The third-order valence-corrected chi connectivity index (χ3v) is 2.24. The van der Waals surface area contributed by atoms with Crippen molar-refractivity contribution in [1.29, 1.82) is 0 Å². The van der Waals surface area contributed by atoms with Gasteiger partial charge in [0.1, 0.15) is 5.78 Å². The molecule has 11 heavy (non-hydrogen) atoms. The maximum atomic E-state index is 11.0. The first-order valence-electron chi connectivity index (χ1n) is 4.57. The molecule has 0 bridgehead atoms. The Labute approximate surface area is 68.6 Å². The molecular weight excluding hydrogens is 138 g/mol. The van der Waals surface area contributed by atoms with Crippen LogP contribution in [0.15, 0.2) is 0 Å². The van der Waals surface area contributed by atoms with Crippen LogP contribution in [-0.2, 0) is 4.79 Å². The van der Waals surface area contributed by atoms with E-state index in [2.05, 4.69) is 4.90 Å². The van der Waals surface area contributed by atoms with Gasteiger partial charge < -0.3 is 0 Å². The second kappa shape index (κ2) is 4.50. The molecule has 0 aromatic carbocycles. The number of carbonyl (C=O) groups excluding carboxylic acids is 1. The number of nitrogens with zero attached hydrogens (tertiary/aromatic N) is 1. The van der Waals surface area contributed by atoms with E-state index in [4.69, 9.17) is 0 Å². The first kappa shape index (κ1) is 8.72. The number of Topliss-reactive ketones (excluding diaryl/α,β-unsaturated/α-hetero) is 1. The molecule has 1 heterocycles. The predicted octanol–water partition coefficient (Wildman–Crippen LogP) is 1.45.